The molecule has 1 saturated carbocycles. The average molecular weight is 213 g/mol. The summed E-state index contributed by atoms with van der Waals surface area (Å²) in [6, 6.07) is 6.09. The van der Waals surface area contributed by atoms with E-state index in [1.165, 1.54) is 12.1 Å². The molecule has 0 aliphatic heterocycles. The molecule has 1 aliphatic carbocycles. The van der Waals surface area contributed by atoms with Gasteiger partial charge in [-0.15, -0.1) is 0 Å². The van der Waals surface area contributed by atoms with Crippen LogP contribution in [0.15, 0.2) is 24.3 Å². The Hall–Kier alpha value is -1.23. The number of hydrogen-bond donors (Lipinski definition) is 2. The van der Waals surface area contributed by atoms with Gasteiger partial charge < -0.3 is 5.11 Å². The van der Waals surface area contributed by atoms with Crippen molar-refractivity contribution in [3.05, 3.63) is 24.3 Å². The van der Waals surface area contributed by atoms with Gasteiger partial charge in [0.15, 0.2) is 0 Å². The third-order valence-corrected chi connectivity index (χ3v) is 3.94. The summed E-state index contributed by atoms with van der Waals surface area (Å²) in [5.74, 6) is 0.0565. The Balaban J connectivity index is 2.18. The highest BCUT2D eigenvalue weighted by Crippen LogP contribution is 2.30. The van der Waals surface area contributed by atoms with Crippen LogP contribution in [0.1, 0.15) is 12.8 Å². The van der Waals surface area contributed by atoms with Crippen LogP contribution in [-0.2, 0) is 10.0 Å². The molecule has 76 valence electrons. The van der Waals surface area contributed by atoms with E-state index in [4.69, 9.17) is 5.11 Å². The summed E-state index contributed by atoms with van der Waals surface area (Å²) in [5.41, 5.74) is 0.414. The molecule has 1 aromatic carbocycles. The quantitative estimate of drug-likeness (QED) is 0.795. The van der Waals surface area contributed by atoms with E-state index in [0.29, 0.717) is 5.69 Å². The molecule has 0 spiro atoms. The number of phenols is 1. The number of phenolic OH excluding ortho intramolecular Hbond substituents is 1. The van der Waals surface area contributed by atoms with Crippen LogP contribution < -0.4 is 4.72 Å². The second-order valence-corrected chi connectivity index (χ2v) is 5.36. The fraction of sp³-hybridized carbons (Fsp3) is 0.333. The summed E-state index contributed by atoms with van der Waals surface area (Å²) in [4.78, 5) is 0. The molecule has 5 heteroatoms. The second-order valence-electron chi connectivity index (χ2n) is 3.40. The van der Waals surface area contributed by atoms with Crippen LogP contribution in [0, 0.1) is 0 Å². The number of anilines is 1. The smallest absolute Gasteiger partial charge is 0.235 e. The van der Waals surface area contributed by atoms with E-state index in [9.17, 15) is 8.42 Å². The highest BCUT2D eigenvalue weighted by atomic mass is 32.2. The third kappa shape index (κ3) is 1.98. The molecule has 0 aromatic heterocycles. The van der Waals surface area contributed by atoms with Crippen molar-refractivity contribution >= 4 is 15.7 Å². The van der Waals surface area contributed by atoms with Crippen molar-refractivity contribution in [2.75, 3.05) is 4.72 Å². The van der Waals surface area contributed by atoms with Gasteiger partial charge in [0.1, 0.15) is 5.75 Å². The Bertz CT molecular complexity index is 437. The highest BCUT2D eigenvalue weighted by Gasteiger charge is 2.35. The zero-order chi connectivity index (χ0) is 10.2. The Morgan fingerprint density at radius 2 is 2.07 bits per heavy atom. The lowest BCUT2D eigenvalue weighted by Gasteiger charge is -2.06. The van der Waals surface area contributed by atoms with Gasteiger partial charge in [-0.1, -0.05) is 6.07 Å². The molecular formula is C9H11NO3S. The monoisotopic (exact) mass is 213 g/mol. The molecule has 0 heterocycles. The average Bonchev–Trinajstić information content (AvgIpc) is 2.84. The lowest BCUT2D eigenvalue weighted by atomic mass is 10.3. The van der Waals surface area contributed by atoms with Crippen LogP contribution in [0.3, 0.4) is 0 Å². The second kappa shape index (κ2) is 3.16. The molecule has 2 N–H and O–H groups in total. The van der Waals surface area contributed by atoms with Crippen molar-refractivity contribution in [2.24, 2.45) is 0 Å². The van der Waals surface area contributed by atoms with Crippen molar-refractivity contribution in [1.82, 2.24) is 0 Å². The van der Waals surface area contributed by atoms with Gasteiger partial charge in [0, 0.05) is 6.07 Å². The standard InChI is InChI=1S/C9H11NO3S/c11-8-3-1-2-7(6-8)10-14(12,13)9-4-5-9/h1-3,6,9-11H,4-5H2. The van der Waals surface area contributed by atoms with Gasteiger partial charge in [-0.25, -0.2) is 8.42 Å². The predicted molar refractivity (Wildman–Crippen MR) is 53.7 cm³/mol. The van der Waals surface area contributed by atoms with Crippen molar-refractivity contribution in [2.45, 2.75) is 18.1 Å². The van der Waals surface area contributed by atoms with E-state index in [-0.39, 0.29) is 11.0 Å². The molecule has 0 atom stereocenters. The fourth-order valence-electron chi connectivity index (χ4n) is 1.20. The van der Waals surface area contributed by atoms with E-state index in [0.717, 1.165) is 12.8 Å². The van der Waals surface area contributed by atoms with Gasteiger partial charge in [-0.05, 0) is 25.0 Å². The van der Waals surface area contributed by atoms with Crippen LogP contribution in [0.2, 0.25) is 0 Å². The number of hydrogen-bond acceptors (Lipinski definition) is 3. The Morgan fingerprint density at radius 3 is 2.64 bits per heavy atom. The zero-order valence-corrected chi connectivity index (χ0v) is 8.29. The Kier molecular flexibility index (Phi) is 2.11. The summed E-state index contributed by atoms with van der Waals surface area (Å²) < 4.78 is 25.4. The van der Waals surface area contributed by atoms with Gasteiger partial charge in [0.05, 0.1) is 10.9 Å². The number of aromatic hydroxyl groups is 1. The molecule has 4 nitrogen and oxygen atoms in total. The molecule has 0 saturated heterocycles. The van der Waals surface area contributed by atoms with E-state index < -0.39 is 10.0 Å². The number of sulfonamides is 1. The van der Waals surface area contributed by atoms with Crippen LogP contribution in [0.25, 0.3) is 0 Å². The van der Waals surface area contributed by atoms with Crippen LogP contribution >= 0.6 is 0 Å². The normalized spacial score (nSPS) is 16.6. The molecule has 0 radical (unpaired) electrons. The first kappa shape index (κ1) is 9.33. The van der Waals surface area contributed by atoms with E-state index in [1.54, 1.807) is 12.1 Å². The van der Waals surface area contributed by atoms with Gasteiger partial charge in [-0.2, -0.15) is 0 Å². The fourth-order valence-corrected chi connectivity index (χ4v) is 2.57. The summed E-state index contributed by atoms with van der Waals surface area (Å²) in [6.45, 7) is 0. The highest BCUT2D eigenvalue weighted by molar-refractivity contribution is 7.93. The topological polar surface area (TPSA) is 66.4 Å². The minimum absolute atomic E-state index is 0.0565. The zero-order valence-electron chi connectivity index (χ0n) is 7.47. The molecule has 1 aliphatic rings. The summed E-state index contributed by atoms with van der Waals surface area (Å²) in [7, 11) is -3.22. The summed E-state index contributed by atoms with van der Waals surface area (Å²) >= 11 is 0. The van der Waals surface area contributed by atoms with E-state index >= 15 is 0 Å². The molecule has 14 heavy (non-hydrogen) atoms. The van der Waals surface area contributed by atoms with Crippen LogP contribution in [-0.4, -0.2) is 18.8 Å². The Morgan fingerprint density at radius 1 is 1.36 bits per heavy atom. The minimum Gasteiger partial charge on any atom is -0.508 e. The molecule has 0 unspecified atom stereocenters. The number of nitrogens with one attached hydrogen (secondary N) is 1. The van der Waals surface area contributed by atoms with Crippen LogP contribution in [0.4, 0.5) is 5.69 Å². The molecule has 2 rings (SSSR count). The lowest BCUT2D eigenvalue weighted by Crippen LogP contribution is -2.17. The lowest BCUT2D eigenvalue weighted by molar-refractivity contribution is 0.475. The van der Waals surface area contributed by atoms with Gasteiger partial charge in [0.25, 0.3) is 0 Å². The van der Waals surface area contributed by atoms with Crippen molar-refractivity contribution < 1.29 is 13.5 Å². The molecular weight excluding hydrogens is 202 g/mol. The largest absolute Gasteiger partial charge is 0.508 e. The van der Waals surface area contributed by atoms with Crippen LogP contribution in [0.5, 0.6) is 5.75 Å². The summed E-state index contributed by atoms with van der Waals surface area (Å²) in [6.07, 6.45) is 1.46. The number of benzene rings is 1. The van der Waals surface area contributed by atoms with Crippen molar-refractivity contribution in [3.63, 3.8) is 0 Å². The van der Waals surface area contributed by atoms with Crippen molar-refractivity contribution in [3.8, 4) is 5.75 Å². The first-order chi connectivity index (χ1) is 6.58. The third-order valence-electron chi connectivity index (χ3n) is 2.07. The first-order valence-corrected chi connectivity index (χ1v) is 5.93. The maximum atomic E-state index is 11.5. The Labute approximate surface area is 82.6 Å². The summed E-state index contributed by atoms with van der Waals surface area (Å²) in [5, 5.41) is 8.88. The predicted octanol–water partition coefficient (Wildman–Crippen LogP) is 1.30. The maximum absolute atomic E-state index is 11.5. The van der Waals surface area contributed by atoms with E-state index in [2.05, 4.69) is 4.72 Å². The maximum Gasteiger partial charge on any atom is 0.235 e. The molecule has 0 amide bonds. The number of rotatable bonds is 3. The van der Waals surface area contributed by atoms with Crippen molar-refractivity contribution in [1.29, 1.82) is 0 Å². The molecule has 1 fully saturated rings. The minimum atomic E-state index is -3.22. The van der Waals surface area contributed by atoms with Gasteiger partial charge in [0.2, 0.25) is 10.0 Å². The van der Waals surface area contributed by atoms with Gasteiger partial charge >= 0.3 is 0 Å². The molecule has 0 bridgehead atoms. The molecule has 1 aromatic rings. The SMILES string of the molecule is O=S(=O)(Nc1cccc(O)c1)C1CC1. The first-order valence-electron chi connectivity index (χ1n) is 4.38. The van der Waals surface area contributed by atoms with Gasteiger partial charge in [-0.3, -0.25) is 4.72 Å². The van der Waals surface area contributed by atoms with E-state index in [1.807, 2.05) is 0 Å².